The zero-order valence-corrected chi connectivity index (χ0v) is 11.8. The number of hydrogen-bond acceptors (Lipinski definition) is 2. The molecule has 0 unspecified atom stereocenters. The van der Waals surface area contributed by atoms with Gasteiger partial charge in [0.05, 0.1) is 0 Å². The number of likely N-dealkylation sites (N-methyl/N-ethyl adjacent to an activating group) is 1. The Hall–Kier alpha value is -0.570. The van der Waals surface area contributed by atoms with Crippen molar-refractivity contribution in [2.45, 2.75) is 33.4 Å². The van der Waals surface area contributed by atoms with Crippen LogP contribution in [0.5, 0.6) is 0 Å². The third-order valence-electron chi connectivity index (χ3n) is 2.72. The van der Waals surface area contributed by atoms with Gasteiger partial charge in [0.25, 0.3) is 0 Å². The van der Waals surface area contributed by atoms with E-state index in [-0.39, 0.29) is 0 Å². The first-order valence-electron chi connectivity index (χ1n) is 6.32. The molecule has 3 heteroatoms. The van der Waals surface area contributed by atoms with E-state index in [2.05, 4.69) is 37.1 Å². The van der Waals surface area contributed by atoms with Gasteiger partial charge in [-0.2, -0.15) is 0 Å². The average Bonchev–Trinajstić information content (AvgIpc) is 2.27. The zero-order valence-electron chi connectivity index (χ0n) is 11.0. The van der Waals surface area contributed by atoms with Crippen LogP contribution in [0, 0.1) is 0 Å². The van der Waals surface area contributed by atoms with Crippen molar-refractivity contribution in [2.24, 2.45) is 0 Å². The van der Waals surface area contributed by atoms with Gasteiger partial charge in [-0.05, 0) is 24.2 Å². The summed E-state index contributed by atoms with van der Waals surface area (Å²) in [6, 6.07) is 8.66. The monoisotopic (exact) mass is 254 g/mol. The summed E-state index contributed by atoms with van der Waals surface area (Å²) in [6.07, 6.45) is 0. The highest BCUT2D eigenvalue weighted by Crippen LogP contribution is 2.12. The summed E-state index contributed by atoms with van der Waals surface area (Å²) in [4.78, 5) is 2.42. The number of rotatable bonds is 7. The third-order valence-corrected chi connectivity index (χ3v) is 2.96. The standard InChI is InChI=1S/C14H23ClN2/c1-4-17(9-8-16-12(2)3)11-13-6-5-7-14(15)10-13/h5-7,10,12,16H,4,8-9,11H2,1-3H3. The molecular weight excluding hydrogens is 232 g/mol. The highest BCUT2D eigenvalue weighted by molar-refractivity contribution is 6.30. The Labute approximate surface area is 110 Å². The van der Waals surface area contributed by atoms with Gasteiger partial charge in [0, 0.05) is 30.7 Å². The van der Waals surface area contributed by atoms with Crippen molar-refractivity contribution in [2.75, 3.05) is 19.6 Å². The van der Waals surface area contributed by atoms with E-state index in [4.69, 9.17) is 11.6 Å². The highest BCUT2D eigenvalue weighted by Gasteiger charge is 2.04. The lowest BCUT2D eigenvalue weighted by atomic mass is 10.2. The van der Waals surface area contributed by atoms with Crippen molar-refractivity contribution in [3.8, 4) is 0 Å². The van der Waals surface area contributed by atoms with Crippen LogP contribution in [0.3, 0.4) is 0 Å². The van der Waals surface area contributed by atoms with Gasteiger partial charge in [-0.15, -0.1) is 0 Å². The maximum Gasteiger partial charge on any atom is 0.0409 e. The Balaban J connectivity index is 2.41. The number of halogens is 1. The molecule has 0 aliphatic carbocycles. The molecule has 0 fully saturated rings. The minimum absolute atomic E-state index is 0.555. The van der Waals surface area contributed by atoms with Crippen LogP contribution in [0.15, 0.2) is 24.3 Å². The van der Waals surface area contributed by atoms with Gasteiger partial charge in [0.1, 0.15) is 0 Å². The average molecular weight is 255 g/mol. The first-order valence-corrected chi connectivity index (χ1v) is 6.69. The van der Waals surface area contributed by atoms with Crippen molar-refractivity contribution in [1.29, 1.82) is 0 Å². The molecule has 1 rings (SSSR count). The summed E-state index contributed by atoms with van der Waals surface area (Å²) in [5, 5.41) is 4.26. The molecule has 0 saturated heterocycles. The van der Waals surface area contributed by atoms with Crippen molar-refractivity contribution >= 4 is 11.6 Å². The van der Waals surface area contributed by atoms with Gasteiger partial charge in [0.15, 0.2) is 0 Å². The molecule has 1 N–H and O–H groups in total. The van der Waals surface area contributed by atoms with Crippen LogP contribution in [-0.4, -0.2) is 30.6 Å². The number of nitrogens with one attached hydrogen (secondary N) is 1. The second-order valence-electron chi connectivity index (χ2n) is 4.61. The van der Waals surface area contributed by atoms with Crippen LogP contribution in [0.4, 0.5) is 0 Å². The molecule has 96 valence electrons. The van der Waals surface area contributed by atoms with Crippen molar-refractivity contribution < 1.29 is 0 Å². The van der Waals surface area contributed by atoms with Crippen LogP contribution in [0.1, 0.15) is 26.3 Å². The summed E-state index contributed by atoms with van der Waals surface area (Å²) in [7, 11) is 0. The Morgan fingerprint density at radius 2 is 2.12 bits per heavy atom. The largest absolute Gasteiger partial charge is 0.313 e. The number of benzene rings is 1. The predicted molar refractivity (Wildman–Crippen MR) is 75.5 cm³/mol. The SMILES string of the molecule is CCN(CCNC(C)C)Cc1cccc(Cl)c1. The zero-order chi connectivity index (χ0) is 12.7. The Morgan fingerprint density at radius 3 is 2.71 bits per heavy atom. The van der Waals surface area contributed by atoms with E-state index in [0.717, 1.165) is 31.2 Å². The van der Waals surface area contributed by atoms with Gasteiger partial charge < -0.3 is 5.32 Å². The van der Waals surface area contributed by atoms with Gasteiger partial charge in [-0.3, -0.25) is 4.90 Å². The molecule has 17 heavy (non-hydrogen) atoms. The van der Waals surface area contributed by atoms with E-state index in [9.17, 15) is 0 Å². The minimum atomic E-state index is 0.555. The molecular formula is C14H23ClN2. The highest BCUT2D eigenvalue weighted by atomic mass is 35.5. The molecule has 0 amide bonds. The molecule has 0 heterocycles. The van der Waals surface area contributed by atoms with Crippen molar-refractivity contribution in [3.63, 3.8) is 0 Å². The molecule has 1 aromatic rings. The van der Waals surface area contributed by atoms with Gasteiger partial charge in [0.2, 0.25) is 0 Å². The van der Waals surface area contributed by atoms with E-state index in [1.165, 1.54) is 5.56 Å². The third kappa shape index (κ3) is 6.06. The van der Waals surface area contributed by atoms with E-state index >= 15 is 0 Å². The normalized spacial score (nSPS) is 11.4. The van der Waals surface area contributed by atoms with Crippen LogP contribution in [0.2, 0.25) is 5.02 Å². The van der Waals surface area contributed by atoms with E-state index < -0.39 is 0 Å². The molecule has 0 atom stereocenters. The fraction of sp³-hybridized carbons (Fsp3) is 0.571. The smallest absolute Gasteiger partial charge is 0.0409 e. The Bertz CT molecular complexity index is 326. The second-order valence-corrected chi connectivity index (χ2v) is 5.04. The van der Waals surface area contributed by atoms with Gasteiger partial charge >= 0.3 is 0 Å². The summed E-state index contributed by atoms with van der Waals surface area (Å²) >= 11 is 5.99. The lowest BCUT2D eigenvalue weighted by molar-refractivity contribution is 0.276. The number of nitrogens with zero attached hydrogens (tertiary/aromatic N) is 1. The summed E-state index contributed by atoms with van der Waals surface area (Å²) < 4.78 is 0. The van der Waals surface area contributed by atoms with E-state index in [1.807, 2.05) is 18.2 Å². The fourth-order valence-corrected chi connectivity index (χ4v) is 1.97. The molecule has 0 spiro atoms. The van der Waals surface area contributed by atoms with Gasteiger partial charge in [-0.1, -0.05) is 44.5 Å². The minimum Gasteiger partial charge on any atom is -0.313 e. The summed E-state index contributed by atoms with van der Waals surface area (Å²) in [6.45, 7) is 10.7. The second kappa shape index (κ2) is 7.70. The Kier molecular flexibility index (Phi) is 6.56. The molecule has 0 radical (unpaired) electrons. The predicted octanol–water partition coefficient (Wildman–Crippen LogP) is 3.16. The molecule has 0 bridgehead atoms. The molecule has 0 aliphatic rings. The maximum atomic E-state index is 5.99. The lowest BCUT2D eigenvalue weighted by Crippen LogP contribution is -2.34. The quantitative estimate of drug-likeness (QED) is 0.804. The molecule has 1 aromatic carbocycles. The molecule has 0 saturated carbocycles. The van der Waals surface area contributed by atoms with Crippen molar-refractivity contribution in [1.82, 2.24) is 10.2 Å². The fourth-order valence-electron chi connectivity index (χ4n) is 1.75. The maximum absolute atomic E-state index is 5.99. The summed E-state index contributed by atoms with van der Waals surface area (Å²) in [5.74, 6) is 0. The van der Waals surface area contributed by atoms with Crippen LogP contribution in [-0.2, 0) is 6.54 Å². The topological polar surface area (TPSA) is 15.3 Å². The van der Waals surface area contributed by atoms with E-state index in [0.29, 0.717) is 6.04 Å². The molecule has 2 nitrogen and oxygen atoms in total. The molecule has 0 aromatic heterocycles. The summed E-state index contributed by atoms with van der Waals surface area (Å²) in [5.41, 5.74) is 1.28. The number of hydrogen-bond donors (Lipinski definition) is 1. The van der Waals surface area contributed by atoms with Gasteiger partial charge in [-0.25, -0.2) is 0 Å². The van der Waals surface area contributed by atoms with Crippen LogP contribution < -0.4 is 5.32 Å². The van der Waals surface area contributed by atoms with Crippen LogP contribution in [0.25, 0.3) is 0 Å². The first kappa shape index (κ1) is 14.5. The first-order chi connectivity index (χ1) is 8.11. The Morgan fingerprint density at radius 1 is 1.35 bits per heavy atom. The molecule has 0 aliphatic heterocycles. The lowest BCUT2D eigenvalue weighted by Gasteiger charge is -2.21. The van der Waals surface area contributed by atoms with E-state index in [1.54, 1.807) is 0 Å². The van der Waals surface area contributed by atoms with Crippen molar-refractivity contribution in [3.05, 3.63) is 34.9 Å². The van der Waals surface area contributed by atoms with Crippen LogP contribution >= 0.6 is 11.6 Å².